The Morgan fingerprint density at radius 1 is 1.60 bits per heavy atom. The van der Waals surface area contributed by atoms with E-state index < -0.39 is 0 Å². The zero-order valence-corrected chi connectivity index (χ0v) is 8.86. The van der Waals surface area contributed by atoms with Gasteiger partial charge in [-0.2, -0.15) is 5.10 Å². The number of nitrogen functional groups attached to an aromatic ring is 1. The van der Waals surface area contributed by atoms with Crippen LogP contribution in [0.4, 0.5) is 5.82 Å². The fourth-order valence-electron chi connectivity index (χ4n) is 1.83. The summed E-state index contributed by atoms with van der Waals surface area (Å²) in [4.78, 5) is 13.8. The molecule has 2 heterocycles. The van der Waals surface area contributed by atoms with Gasteiger partial charge in [0.2, 0.25) is 0 Å². The van der Waals surface area contributed by atoms with E-state index in [1.165, 1.54) is 0 Å². The first kappa shape index (κ1) is 10.0. The molecule has 1 aliphatic rings. The molecule has 1 aromatic rings. The third-order valence-electron chi connectivity index (χ3n) is 2.90. The molecule has 0 bridgehead atoms. The molecule has 2 rings (SSSR count). The maximum absolute atomic E-state index is 11.9. The number of hydrogen-bond acceptors (Lipinski definition) is 3. The van der Waals surface area contributed by atoms with Gasteiger partial charge in [-0.25, -0.2) is 0 Å². The van der Waals surface area contributed by atoms with E-state index >= 15 is 0 Å². The Morgan fingerprint density at radius 3 is 2.80 bits per heavy atom. The predicted molar refractivity (Wildman–Crippen MR) is 57.3 cm³/mol. The van der Waals surface area contributed by atoms with Gasteiger partial charge in [0, 0.05) is 19.2 Å². The van der Waals surface area contributed by atoms with Crippen LogP contribution < -0.4 is 5.73 Å². The Hall–Kier alpha value is -1.52. The lowest BCUT2D eigenvalue weighted by molar-refractivity contribution is 0.0691. The third kappa shape index (κ3) is 2.11. The number of nitrogens with two attached hydrogens (primary N) is 1. The summed E-state index contributed by atoms with van der Waals surface area (Å²) in [7, 11) is 0. The quantitative estimate of drug-likeness (QED) is 0.719. The first-order chi connectivity index (χ1) is 7.16. The fourth-order valence-corrected chi connectivity index (χ4v) is 1.83. The molecule has 1 aromatic heterocycles. The molecule has 3 N–H and O–H groups in total. The normalized spacial score (nSPS) is 18.1. The van der Waals surface area contributed by atoms with Gasteiger partial charge < -0.3 is 10.6 Å². The zero-order chi connectivity index (χ0) is 10.8. The topological polar surface area (TPSA) is 75.0 Å². The highest BCUT2D eigenvalue weighted by molar-refractivity contribution is 5.93. The number of carbonyl (C=O) groups is 1. The Bertz CT molecular complexity index is 352. The molecule has 5 heteroatoms. The molecule has 82 valence electrons. The molecule has 1 amide bonds. The fraction of sp³-hybridized carbons (Fsp3) is 0.600. The van der Waals surface area contributed by atoms with Crippen molar-refractivity contribution in [2.75, 3.05) is 18.8 Å². The molecule has 0 unspecified atom stereocenters. The third-order valence-corrected chi connectivity index (χ3v) is 2.90. The average molecular weight is 208 g/mol. The molecule has 0 saturated carbocycles. The number of nitrogens with one attached hydrogen (secondary N) is 1. The molecule has 0 aliphatic carbocycles. The van der Waals surface area contributed by atoms with Crippen LogP contribution in [0.1, 0.15) is 30.3 Å². The summed E-state index contributed by atoms with van der Waals surface area (Å²) in [6.07, 6.45) is 2.16. The number of nitrogens with zero attached hydrogens (tertiary/aromatic N) is 2. The second kappa shape index (κ2) is 3.92. The minimum atomic E-state index is 0.00565. The standard InChI is InChI=1S/C10H16N4O/c1-7-2-4-14(5-3-7)10(15)8-6-9(11)13-12-8/h6-7H,2-5H2,1H3,(H3,11,12,13). The van der Waals surface area contributed by atoms with Gasteiger partial charge >= 0.3 is 0 Å². The summed E-state index contributed by atoms with van der Waals surface area (Å²) in [6.45, 7) is 3.88. The molecule has 5 nitrogen and oxygen atoms in total. The Kier molecular flexibility index (Phi) is 2.62. The maximum Gasteiger partial charge on any atom is 0.271 e. The lowest BCUT2D eigenvalue weighted by atomic mass is 9.99. The zero-order valence-electron chi connectivity index (χ0n) is 8.86. The second-order valence-electron chi connectivity index (χ2n) is 4.18. The monoisotopic (exact) mass is 208 g/mol. The number of likely N-dealkylation sites (tertiary alicyclic amines) is 1. The Labute approximate surface area is 88.6 Å². The molecule has 0 radical (unpaired) electrons. The number of rotatable bonds is 1. The average Bonchev–Trinajstić information content (AvgIpc) is 2.65. The highest BCUT2D eigenvalue weighted by Crippen LogP contribution is 2.17. The molecule has 1 saturated heterocycles. The highest BCUT2D eigenvalue weighted by Gasteiger charge is 2.22. The summed E-state index contributed by atoms with van der Waals surface area (Å²) in [5, 5.41) is 6.40. The van der Waals surface area contributed by atoms with Gasteiger partial charge in [-0.15, -0.1) is 0 Å². The van der Waals surface area contributed by atoms with E-state index in [1.54, 1.807) is 6.07 Å². The molecular weight excluding hydrogens is 192 g/mol. The number of carbonyl (C=O) groups excluding carboxylic acids is 1. The SMILES string of the molecule is CC1CCN(C(=O)c2cc(N)n[nH]2)CC1. The number of piperidine rings is 1. The van der Waals surface area contributed by atoms with E-state index in [0.717, 1.165) is 31.8 Å². The first-order valence-corrected chi connectivity index (χ1v) is 5.27. The summed E-state index contributed by atoms with van der Waals surface area (Å²) < 4.78 is 0. The van der Waals surface area contributed by atoms with Crippen molar-refractivity contribution in [1.82, 2.24) is 15.1 Å². The van der Waals surface area contributed by atoms with Gasteiger partial charge in [-0.05, 0) is 18.8 Å². The molecule has 0 spiro atoms. The Balaban J connectivity index is 2.02. The summed E-state index contributed by atoms with van der Waals surface area (Å²) in [6, 6.07) is 1.58. The van der Waals surface area contributed by atoms with Crippen molar-refractivity contribution < 1.29 is 4.79 Å². The number of hydrogen-bond donors (Lipinski definition) is 2. The van der Waals surface area contributed by atoms with Crippen LogP contribution in [0, 0.1) is 5.92 Å². The van der Waals surface area contributed by atoms with Crippen LogP contribution in [0.3, 0.4) is 0 Å². The predicted octanol–water partition coefficient (Wildman–Crippen LogP) is 0.864. The van der Waals surface area contributed by atoms with Crippen molar-refractivity contribution in [2.24, 2.45) is 5.92 Å². The number of anilines is 1. The van der Waals surface area contributed by atoms with E-state index in [9.17, 15) is 4.79 Å². The van der Waals surface area contributed by atoms with Crippen LogP contribution in [0.5, 0.6) is 0 Å². The van der Waals surface area contributed by atoms with Gasteiger partial charge in [-0.1, -0.05) is 6.92 Å². The number of aromatic nitrogens is 2. The molecule has 1 aliphatic heterocycles. The largest absolute Gasteiger partial charge is 0.382 e. The highest BCUT2D eigenvalue weighted by atomic mass is 16.2. The first-order valence-electron chi connectivity index (χ1n) is 5.27. The molecule has 1 fully saturated rings. The smallest absolute Gasteiger partial charge is 0.271 e. The van der Waals surface area contributed by atoms with Crippen molar-refractivity contribution in [3.8, 4) is 0 Å². The van der Waals surface area contributed by atoms with Gasteiger partial charge in [0.15, 0.2) is 0 Å². The van der Waals surface area contributed by atoms with Crippen LogP contribution in [0.25, 0.3) is 0 Å². The molecule has 0 aromatic carbocycles. The van der Waals surface area contributed by atoms with E-state index in [4.69, 9.17) is 5.73 Å². The van der Waals surface area contributed by atoms with Crippen molar-refractivity contribution in [2.45, 2.75) is 19.8 Å². The number of amides is 1. The van der Waals surface area contributed by atoms with Gasteiger partial charge in [-0.3, -0.25) is 9.89 Å². The van der Waals surface area contributed by atoms with Crippen molar-refractivity contribution in [3.63, 3.8) is 0 Å². The summed E-state index contributed by atoms with van der Waals surface area (Å²) in [5.74, 6) is 1.09. The lowest BCUT2D eigenvalue weighted by Crippen LogP contribution is -2.38. The minimum absolute atomic E-state index is 0.00565. The number of H-pyrrole nitrogens is 1. The van der Waals surface area contributed by atoms with E-state index in [1.807, 2.05) is 4.90 Å². The Morgan fingerprint density at radius 2 is 2.27 bits per heavy atom. The van der Waals surface area contributed by atoms with Crippen LogP contribution in [-0.2, 0) is 0 Å². The second-order valence-corrected chi connectivity index (χ2v) is 4.18. The van der Waals surface area contributed by atoms with Gasteiger partial charge in [0.1, 0.15) is 11.5 Å². The molecular formula is C10H16N4O. The van der Waals surface area contributed by atoms with E-state index in [2.05, 4.69) is 17.1 Å². The molecule has 15 heavy (non-hydrogen) atoms. The molecule has 0 atom stereocenters. The van der Waals surface area contributed by atoms with E-state index in [-0.39, 0.29) is 5.91 Å². The van der Waals surface area contributed by atoms with Gasteiger partial charge in [0.25, 0.3) is 5.91 Å². The van der Waals surface area contributed by atoms with Crippen molar-refractivity contribution in [3.05, 3.63) is 11.8 Å². The van der Waals surface area contributed by atoms with Crippen molar-refractivity contribution >= 4 is 11.7 Å². The van der Waals surface area contributed by atoms with Gasteiger partial charge in [0.05, 0.1) is 0 Å². The maximum atomic E-state index is 11.9. The summed E-state index contributed by atoms with van der Waals surface area (Å²) in [5.41, 5.74) is 5.94. The van der Waals surface area contributed by atoms with Crippen LogP contribution in [0.2, 0.25) is 0 Å². The summed E-state index contributed by atoms with van der Waals surface area (Å²) >= 11 is 0. The lowest BCUT2D eigenvalue weighted by Gasteiger charge is -2.29. The van der Waals surface area contributed by atoms with Crippen LogP contribution >= 0.6 is 0 Å². The van der Waals surface area contributed by atoms with E-state index in [0.29, 0.717) is 11.5 Å². The number of aromatic amines is 1. The van der Waals surface area contributed by atoms with Crippen LogP contribution in [-0.4, -0.2) is 34.1 Å². The minimum Gasteiger partial charge on any atom is -0.382 e. The van der Waals surface area contributed by atoms with Crippen LogP contribution in [0.15, 0.2) is 6.07 Å². The van der Waals surface area contributed by atoms with Crippen molar-refractivity contribution in [1.29, 1.82) is 0 Å².